The first-order chi connectivity index (χ1) is 15.0. The van der Waals surface area contributed by atoms with Crippen LogP contribution >= 0.6 is 0 Å². The maximum atomic E-state index is 12.8. The molecule has 0 aliphatic carbocycles. The molecular weight excluding hydrogens is 398 g/mol. The smallest absolute Gasteiger partial charge is 0.409 e. The lowest BCUT2D eigenvalue weighted by Gasteiger charge is -2.34. The Labute approximate surface area is 183 Å². The molecule has 170 valence electrons. The van der Waals surface area contributed by atoms with Gasteiger partial charge in [0.1, 0.15) is 5.82 Å². The fourth-order valence-corrected chi connectivity index (χ4v) is 4.80. The Morgan fingerprint density at radius 1 is 1.06 bits per heavy atom. The van der Waals surface area contributed by atoms with Crippen LogP contribution in [-0.2, 0) is 22.5 Å². The molecule has 2 fully saturated rings. The molecule has 0 radical (unpaired) electrons. The molecule has 1 aromatic heterocycles. The monoisotopic (exact) mass is 431 g/mol. The van der Waals surface area contributed by atoms with Crippen molar-refractivity contribution < 1.29 is 14.3 Å². The van der Waals surface area contributed by atoms with E-state index in [1.807, 2.05) is 9.47 Å². The van der Waals surface area contributed by atoms with Gasteiger partial charge in [0.15, 0.2) is 0 Å². The van der Waals surface area contributed by atoms with Gasteiger partial charge in [0, 0.05) is 57.7 Å². The van der Waals surface area contributed by atoms with E-state index < -0.39 is 0 Å². The van der Waals surface area contributed by atoms with E-state index in [1.165, 1.54) is 0 Å². The number of hydrogen-bond acceptors (Lipinski definition) is 6. The summed E-state index contributed by atoms with van der Waals surface area (Å²) >= 11 is 0. The summed E-state index contributed by atoms with van der Waals surface area (Å²) < 4.78 is 6.87. The van der Waals surface area contributed by atoms with Gasteiger partial charge in [-0.15, -0.1) is 0 Å². The van der Waals surface area contributed by atoms with Gasteiger partial charge in [0.25, 0.3) is 5.56 Å². The first-order valence-electron chi connectivity index (χ1n) is 11.6. The van der Waals surface area contributed by atoms with Crippen molar-refractivity contribution in [3.8, 4) is 0 Å². The number of fused-ring (bicyclic) bond motifs is 1. The topological polar surface area (TPSA) is 88.0 Å². The van der Waals surface area contributed by atoms with E-state index in [1.54, 1.807) is 17.9 Å². The molecule has 0 saturated carbocycles. The summed E-state index contributed by atoms with van der Waals surface area (Å²) in [6.07, 6.45) is 4.76. The number of hydrogen-bond donors (Lipinski definition) is 0. The van der Waals surface area contributed by atoms with Gasteiger partial charge in [-0.2, -0.15) is 0 Å². The Bertz CT molecular complexity index is 862. The molecule has 0 bridgehead atoms. The van der Waals surface area contributed by atoms with Gasteiger partial charge < -0.3 is 14.5 Å². The van der Waals surface area contributed by atoms with Crippen LogP contribution in [0.25, 0.3) is 0 Å². The minimum atomic E-state index is -0.304. The number of carbonyl (C=O) groups excluding carboxylic acids is 2. The molecule has 1 atom stereocenters. The average Bonchev–Trinajstić information content (AvgIpc) is 3.09. The van der Waals surface area contributed by atoms with Crippen LogP contribution in [-0.4, -0.2) is 88.7 Å². The lowest BCUT2D eigenvalue weighted by Crippen LogP contribution is -2.52. The molecular formula is C22H33N5O4. The average molecular weight is 432 g/mol. The summed E-state index contributed by atoms with van der Waals surface area (Å²) in [7, 11) is 0. The van der Waals surface area contributed by atoms with Crippen LogP contribution in [0.15, 0.2) is 10.9 Å². The van der Waals surface area contributed by atoms with Crippen LogP contribution in [0.4, 0.5) is 4.79 Å². The normalized spacial score (nSPS) is 22.2. The quantitative estimate of drug-likeness (QED) is 0.708. The van der Waals surface area contributed by atoms with Crippen LogP contribution in [0.5, 0.6) is 0 Å². The van der Waals surface area contributed by atoms with Gasteiger partial charge in [0.2, 0.25) is 5.91 Å². The van der Waals surface area contributed by atoms with E-state index >= 15 is 0 Å². The maximum absolute atomic E-state index is 12.8. The Morgan fingerprint density at radius 3 is 2.61 bits per heavy atom. The second-order valence-corrected chi connectivity index (χ2v) is 8.69. The first kappa shape index (κ1) is 21.8. The number of amides is 2. The number of ether oxygens (including phenoxy) is 1. The number of likely N-dealkylation sites (tertiary alicyclic amines) is 1. The van der Waals surface area contributed by atoms with E-state index in [0.29, 0.717) is 39.3 Å². The zero-order chi connectivity index (χ0) is 21.8. The molecule has 0 spiro atoms. The Hall–Kier alpha value is -2.42. The highest BCUT2D eigenvalue weighted by Crippen LogP contribution is 2.26. The van der Waals surface area contributed by atoms with Gasteiger partial charge in [-0.1, -0.05) is 6.42 Å². The fourth-order valence-electron chi connectivity index (χ4n) is 4.80. The molecule has 4 rings (SSSR count). The zero-order valence-corrected chi connectivity index (χ0v) is 18.4. The number of aryl methyl sites for hydroxylation is 1. The molecule has 9 heteroatoms. The third kappa shape index (κ3) is 5.08. The second kappa shape index (κ2) is 9.80. The van der Waals surface area contributed by atoms with E-state index in [4.69, 9.17) is 9.72 Å². The van der Waals surface area contributed by atoms with Gasteiger partial charge >= 0.3 is 6.09 Å². The van der Waals surface area contributed by atoms with Crippen molar-refractivity contribution in [2.45, 2.75) is 51.5 Å². The van der Waals surface area contributed by atoms with Gasteiger partial charge in [-0.3, -0.25) is 19.1 Å². The highest BCUT2D eigenvalue weighted by Gasteiger charge is 2.30. The van der Waals surface area contributed by atoms with Crippen LogP contribution in [0, 0.1) is 0 Å². The summed E-state index contributed by atoms with van der Waals surface area (Å²) in [6, 6.07) is 1.71. The van der Waals surface area contributed by atoms with Crippen molar-refractivity contribution in [2.75, 3.05) is 52.4 Å². The lowest BCUT2D eigenvalue weighted by molar-refractivity contribution is -0.133. The summed E-state index contributed by atoms with van der Waals surface area (Å²) in [5.41, 5.74) is 0.951. The number of rotatable bonds is 4. The number of aromatic nitrogens is 2. The summed E-state index contributed by atoms with van der Waals surface area (Å²) in [5, 5.41) is 0. The summed E-state index contributed by atoms with van der Waals surface area (Å²) in [5.74, 6) is 1.23. The number of carbonyl (C=O) groups is 2. The van der Waals surface area contributed by atoms with Crippen LogP contribution in [0.1, 0.15) is 50.0 Å². The van der Waals surface area contributed by atoms with Crippen LogP contribution in [0.3, 0.4) is 0 Å². The maximum Gasteiger partial charge on any atom is 0.409 e. The molecule has 9 nitrogen and oxygen atoms in total. The van der Waals surface area contributed by atoms with Gasteiger partial charge in [-0.05, 0) is 32.7 Å². The molecule has 1 aromatic rings. The zero-order valence-electron chi connectivity index (χ0n) is 18.4. The Balaban J connectivity index is 1.30. The second-order valence-electron chi connectivity index (χ2n) is 8.69. The molecule has 0 aromatic carbocycles. The van der Waals surface area contributed by atoms with E-state index in [9.17, 15) is 14.4 Å². The van der Waals surface area contributed by atoms with E-state index in [0.717, 1.165) is 63.3 Å². The van der Waals surface area contributed by atoms with Crippen molar-refractivity contribution in [1.29, 1.82) is 0 Å². The predicted molar refractivity (Wildman–Crippen MR) is 115 cm³/mol. The molecule has 3 aliphatic rings. The molecule has 0 unspecified atom stereocenters. The molecule has 2 amide bonds. The van der Waals surface area contributed by atoms with Crippen LogP contribution in [0.2, 0.25) is 0 Å². The van der Waals surface area contributed by atoms with Crippen molar-refractivity contribution in [2.24, 2.45) is 0 Å². The molecule has 31 heavy (non-hydrogen) atoms. The minimum Gasteiger partial charge on any atom is -0.450 e. The largest absolute Gasteiger partial charge is 0.450 e. The first-order valence-corrected chi connectivity index (χ1v) is 11.6. The summed E-state index contributed by atoms with van der Waals surface area (Å²) in [4.78, 5) is 47.7. The van der Waals surface area contributed by atoms with Crippen molar-refractivity contribution >= 4 is 12.0 Å². The molecule has 0 N–H and O–H groups in total. The molecule has 2 saturated heterocycles. The SMILES string of the molecule is CCOC(=O)N1CCN(C(=O)CN2CC[C@@H](c3cc(=O)n4c(n3)CCCCC4)C2)CC1. The lowest BCUT2D eigenvalue weighted by atomic mass is 10.0. The Kier molecular flexibility index (Phi) is 6.89. The van der Waals surface area contributed by atoms with Crippen molar-refractivity contribution in [1.82, 2.24) is 24.3 Å². The minimum absolute atomic E-state index is 0.0656. The van der Waals surface area contributed by atoms with Gasteiger partial charge in [-0.25, -0.2) is 9.78 Å². The third-order valence-corrected chi connectivity index (χ3v) is 6.60. The van der Waals surface area contributed by atoms with E-state index in [-0.39, 0.29) is 23.5 Å². The Morgan fingerprint density at radius 2 is 1.84 bits per heavy atom. The standard InChI is InChI=1S/C22H33N5O4/c1-2-31-22(30)26-12-10-25(11-13-26)21(29)16-24-9-7-17(15-24)18-14-20(28)27-8-5-3-4-6-19(27)23-18/h14,17H,2-13,15-16H2,1H3/t17-/m1/s1. The molecule has 4 heterocycles. The summed E-state index contributed by atoms with van der Waals surface area (Å²) in [6.45, 7) is 6.99. The van der Waals surface area contributed by atoms with Crippen molar-refractivity contribution in [3.05, 3.63) is 27.9 Å². The number of nitrogens with zero attached hydrogens (tertiary/aromatic N) is 5. The fraction of sp³-hybridized carbons (Fsp3) is 0.727. The third-order valence-electron chi connectivity index (χ3n) is 6.60. The molecule has 3 aliphatic heterocycles. The number of piperazine rings is 1. The van der Waals surface area contributed by atoms with E-state index in [2.05, 4.69) is 4.90 Å². The highest BCUT2D eigenvalue weighted by molar-refractivity contribution is 5.78. The van der Waals surface area contributed by atoms with Crippen molar-refractivity contribution in [3.63, 3.8) is 0 Å². The highest BCUT2D eigenvalue weighted by atomic mass is 16.6. The predicted octanol–water partition coefficient (Wildman–Crippen LogP) is 1.06. The van der Waals surface area contributed by atoms with Gasteiger partial charge in [0.05, 0.1) is 18.8 Å². The van der Waals surface area contributed by atoms with Crippen LogP contribution < -0.4 is 5.56 Å².